The van der Waals surface area contributed by atoms with Gasteiger partial charge >= 0.3 is 6.03 Å². The molecule has 106 valence electrons. The molecule has 0 aliphatic carbocycles. The summed E-state index contributed by atoms with van der Waals surface area (Å²) in [6.45, 7) is 0. The molecule has 6 heteroatoms. The summed E-state index contributed by atoms with van der Waals surface area (Å²) in [5.41, 5.74) is 3.09. The molecule has 0 heterocycles. The van der Waals surface area contributed by atoms with Gasteiger partial charge < -0.3 is 10.2 Å². The van der Waals surface area contributed by atoms with Crippen molar-refractivity contribution in [1.82, 2.24) is 5.43 Å². The number of benzene rings is 2. The number of aromatic hydroxyl groups is 2. The van der Waals surface area contributed by atoms with E-state index in [2.05, 4.69) is 15.5 Å². The molecule has 3 N–H and O–H groups in total. The number of nitrogens with zero attached hydrogens (tertiary/aromatic N) is 2. The number of para-hydroxylation sites is 2. The first-order valence-corrected chi connectivity index (χ1v) is 6.10. The fraction of sp³-hybridized carbons (Fsp3) is 0. The fourth-order valence-corrected chi connectivity index (χ4v) is 1.51. The van der Waals surface area contributed by atoms with Crippen LogP contribution in [0.1, 0.15) is 11.1 Å². The lowest BCUT2D eigenvalue weighted by atomic mass is 10.2. The van der Waals surface area contributed by atoms with E-state index in [1.165, 1.54) is 24.6 Å². The summed E-state index contributed by atoms with van der Waals surface area (Å²) in [4.78, 5) is 15.0. The molecule has 2 amide bonds. The molecular weight excluding hydrogens is 270 g/mol. The number of rotatable bonds is 3. The van der Waals surface area contributed by atoms with Crippen molar-refractivity contribution >= 4 is 18.5 Å². The number of phenols is 2. The van der Waals surface area contributed by atoms with E-state index in [9.17, 15) is 15.0 Å². The summed E-state index contributed by atoms with van der Waals surface area (Å²) in [5, 5.41) is 22.7. The van der Waals surface area contributed by atoms with Crippen LogP contribution in [0.2, 0.25) is 0 Å². The Hall–Kier alpha value is -3.15. The van der Waals surface area contributed by atoms with Gasteiger partial charge in [-0.3, -0.25) is 0 Å². The molecular formula is C15H13N3O3. The number of carbonyl (C=O) groups excluding carboxylic acids is 1. The third-order valence-electron chi connectivity index (χ3n) is 2.56. The summed E-state index contributed by atoms with van der Waals surface area (Å²) in [5.74, 6) is 0.0972. The van der Waals surface area contributed by atoms with Crippen molar-refractivity contribution in [3.63, 3.8) is 0 Å². The molecule has 0 aromatic heterocycles. The average molecular weight is 283 g/mol. The van der Waals surface area contributed by atoms with E-state index in [1.807, 2.05) is 0 Å². The maximum atomic E-state index is 11.4. The highest BCUT2D eigenvalue weighted by atomic mass is 16.3. The van der Waals surface area contributed by atoms with Crippen molar-refractivity contribution < 1.29 is 15.0 Å². The molecule has 0 radical (unpaired) electrons. The number of aliphatic imine (C=N–C) groups is 1. The minimum atomic E-state index is -0.690. The number of carbonyl (C=O) groups is 1. The van der Waals surface area contributed by atoms with E-state index in [0.717, 1.165) is 0 Å². The van der Waals surface area contributed by atoms with Gasteiger partial charge in [0.25, 0.3) is 0 Å². The quantitative estimate of drug-likeness (QED) is 0.595. The second-order valence-corrected chi connectivity index (χ2v) is 4.05. The van der Waals surface area contributed by atoms with E-state index in [0.29, 0.717) is 11.1 Å². The lowest BCUT2D eigenvalue weighted by Gasteiger charge is -1.97. The first-order valence-electron chi connectivity index (χ1n) is 6.10. The molecule has 0 saturated carbocycles. The van der Waals surface area contributed by atoms with Crippen molar-refractivity contribution in [2.24, 2.45) is 10.1 Å². The number of hydrazone groups is 1. The Bertz CT molecular complexity index is 696. The Morgan fingerprint density at radius 2 is 1.43 bits per heavy atom. The second kappa shape index (κ2) is 6.85. The Morgan fingerprint density at radius 1 is 0.905 bits per heavy atom. The zero-order valence-corrected chi connectivity index (χ0v) is 11.0. The molecule has 2 aromatic rings. The van der Waals surface area contributed by atoms with Crippen molar-refractivity contribution in [3.05, 3.63) is 59.7 Å². The lowest BCUT2D eigenvalue weighted by Crippen LogP contribution is -2.13. The van der Waals surface area contributed by atoms with E-state index in [-0.39, 0.29) is 11.5 Å². The van der Waals surface area contributed by atoms with Gasteiger partial charge in [0.15, 0.2) is 0 Å². The summed E-state index contributed by atoms with van der Waals surface area (Å²) in [6, 6.07) is 12.4. The van der Waals surface area contributed by atoms with Gasteiger partial charge in [0, 0.05) is 17.3 Å². The van der Waals surface area contributed by atoms with Crippen molar-refractivity contribution in [3.8, 4) is 11.5 Å². The van der Waals surface area contributed by atoms with Gasteiger partial charge in [-0.2, -0.15) is 10.1 Å². The van der Waals surface area contributed by atoms with Gasteiger partial charge in [-0.05, 0) is 24.3 Å². The molecule has 21 heavy (non-hydrogen) atoms. The average Bonchev–Trinajstić information content (AvgIpc) is 2.48. The number of hydrogen-bond acceptors (Lipinski definition) is 4. The number of phenolic OH excluding ortho intramolecular Hbond substituents is 2. The molecule has 0 bridgehead atoms. The highest BCUT2D eigenvalue weighted by Crippen LogP contribution is 2.13. The Kier molecular flexibility index (Phi) is 4.66. The van der Waals surface area contributed by atoms with Crippen LogP contribution >= 0.6 is 0 Å². The number of amides is 2. The van der Waals surface area contributed by atoms with E-state index >= 15 is 0 Å². The highest BCUT2D eigenvalue weighted by molar-refractivity contribution is 5.93. The zero-order valence-electron chi connectivity index (χ0n) is 11.0. The SMILES string of the molecule is O=C(/N=C/c1ccccc1O)N/N=C/c1ccccc1O. The van der Waals surface area contributed by atoms with Gasteiger partial charge in [-0.1, -0.05) is 24.3 Å². The van der Waals surface area contributed by atoms with Crippen LogP contribution in [0.4, 0.5) is 4.79 Å². The normalized spacial score (nSPS) is 11.0. The van der Waals surface area contributed by atoms with Crippen LogP contribution in [0, 0.1) is 0 Å². The maximum absolute atomic E-state index is 11.4. The van der Waals surface area contributed by atoms with E-state index in [4.69, 9.17) is 0 Å². The molecule has 2 rings (SSSR count). The lowest BCUT2D eigenvalue weighted by molar-refractivity contribution is 0.250. The first kappa shape index (κ1) is 14.3. The zero-order chi connectivity index (χ0) is 15.1. The Morgan fingerprint density at radius 3 is 2.00 bits per heavy atom. The summed E-state index contributed by atoms with van der Waals surface area (Å²) >= 11 is 0. The van der Waals surface area contributed by atoms with E-state index in [1.54, 1.807) is 36.4 Å². The van der Waals surface area contributed by atoms with Crippen LogP contribution in [0.3, 0.4) is 0 Å². The summed E-state index contributed by atoms with van der Waals surface area (Å²) < 4.78 is 0. The number of nitrogens with one attached hydrogen (secondary N) is 1. The van der Waals surface area contributed by atoms with Crippen LogP contribution in [0.15, 0.2) is 58.6 Å². The molecule has 0 saturated heterocycles. The minimum Gasteiger partial charge on any atom is -0.507 e. The molecule has 2 aromatic carbocycles. The van der Waals surface area contributed by atoms with Crippen LogP contribution in [-0.2, 0) is 0 Å². The largest absolute Gasteiger partial charge is 0.507 e. The third kappa shape index (κ3) is 4.17. The molecule has 0 spiro atoms. The van der Waals surface area contributed by atoms with Crippen molar-refractivity contribution in [2.75, 3.05) is 0 Å². The van der Waals surface area contributed by atoms with Gasteiger partial charge in [-0.25, -0.2) is 10.2 Å². The number of hydrogen-bond donors (Lipinski definition) is 3. The van der Waals surface area contributed by atoms with Crippen LogP contribution in [0.25, 0.3) is 0 Å². The van der Waals surface area contributed by atoms with Crippen LogP contribution < -0.4 is 5.43 Å². The predicted molar refractivity (Wildman–Crippen MR) is 79.9 cm³/mol. The van der Waals surface area contributed by atoms with Gasteiger partial charge in [0.1, 0.15) is 11.5 Å². The van der Waals surface area contributed by atoms with E-state index < -0.39 is 6.03 Å². The molecule has 6 nitrogen and oxygen atoms in total. The topological polar surface area (TPSA) is 94.3 Å². The standard InChI is InChI=1S/C15H13N3O3/c19-13-7-3-1-5-11(13)9-16-15(21)18-17-10-12-6-2-4-8-14(12)20/h1-10,19-20H,(H,18,21)/b16-9+,17-10+. The number of urea groups is 1. The fourth-order valence-electron chi connectivity index (χ4n) is 1.51. The monoisotopic (exact) mass is 283 g/mol. The molecule has 0 atom stereocenters. The molecule has 0 fully saturated rings. The first-order chi connectivity index (χ1) is 10.2. The third-order valence-corrected chi connectivity index (χ3v) is 2.56. The van der Waals surface area contributed by atoms with Crippen molar-refractivity contribution in [1.29, 1.82) is 0 Å². The smallest absolute Gasteiger partial charge is 0.361 e. The van der Waals surface area contributed by atoms with Gasteiger partial charge in [0.2, 0.25) is 0 Å². The Labute approximate surface area is 121 Å². The van der Waals surface area contributed by atoms with Crippen LogP contribution in [-0.4, -0.2) is 28.7 Å². The van der Waals surface area contributed by atoms with Crippen LogP contribution in [0.5, 0.6) is 11.5 Å². The highest BCUT2D eigenvalue weighted by Gasteiger charge is 1.98. The van der Waals surface area contributed by atoms with Gasteiger partial charge in [0.05, 0.1) is 6.21 Å². The Balaban J connectivity index is 1.94. The summed E-state index contributed by atoms with van der Waals surface area (Å²) in [6.07, 6.45) is 2.54. The molecule has 0 unspecified atom stereocenters. The predicted octanol–water partition coefficient (Wildman–Crippen LogP) is 2.26. The maximum Gasteiger partial charge on any atom is 0.361 e. The second-order valence-electron chi connectivity index (χ2n) is 4.05. The minimum absolute atomic E-state index is 0.0340. The van der Waals surface area contributed by atoms with Gasteiger partial charge in [-0.15, -0.1) is 0 Å². The summed E-state index contributed by atoms with van der Waals surface area (Å²) in [7, 11) is 0. The van der Waals surface area contributed by atoms with Crippen molar-refractivity contribution in [2.45, 2.75) is 0 Å². The molecule has 0 aliphatic rings. The molecule has 0 aliphatic heterocycles.